The quantitative estimate of drug-likeness (QED) is 0.454. The van der Waals surface area contributed by atoms with Crippen molar-refractivity contribution in [3.05, 3.63) is 59.2 Å². The third kappa shape index (κ3) is 4.23. The lowest BCUT2D eigenvalue weighted by Gasteiger charge is -2.34. The van der Waals surface area contributed by atoms with Gasteiger partial charge in [-0.2, -0.15) is 5.10 Å². The molecule has 0 atom stereocenters. The molecule has 4 rings (SSSR count). The Hall–Kier alpha value is -2.38. The molecule has 0 bridgehead atoms. The molecule has 7 heteroatoms. The van der Waals surface area contributed by atoms with Crippen molar-refractivity contribution in [3.8, 4) is 0 Å². The van der Waals surface area contributed by atoms with Crippen molar-refractivity contribution >= 4 is 52.4 Å². The van der Waals surface area contributed by atoms with Gasteiger partial charge in [-0.3, -0.25) is 4.79 Å². The second kappa shape index (κ2) is 9.18. The summed E-state index contributed by atoms with van der Waals surface area (Å²) in [5.74, 6) is 0.645. The van der Waals surface area contributed by atoms with Gasteiger partial charge in [-0.05, 0) is 72.6 Å². The van der Waals surface area contributed by atoms with Crippen molar-refractivity contribution in [2.24, 2.45) is 10.8 Å². The fraction of sp³-hybridized carbons (Fsp3) is 0.304. The van der Waals surface area contributed by atoms with Gasteiger partial charge in [0.15, 0.2) is 0 Å². The second-order valence-electron chi connectivity index (χ2n) is 7.37. The molecule has 0 aromatic heterocycles. The van der Waals surface area contributed by atoms with Crippen LogP contribution in [0.5, 0.6) is 0 Å². The van der Waals surface area contributed by atoms with Gasteiger partial charge in [-0.25, -0.2) is 5.01 Å². The highest BCUT2D eigenvalue weighted by molar-refractivity contribution is 7.99. The number of nitrogens with zero attached hydrogens (tertiary/aromatic N) is 2. The number of anilines is 2. The fourth-order valence-corrected chi connectivity index (χ4v) is 4.99. The van der Waals surface area contributed by atoms with Crippen LogP contribution >= 0.6 is 23.7 Å². The van der Waals surface area contributed by atoms with E-state index in [1.54, 1.807) is 11.9 Å². The highest BCUT2D eigenvalue weighted by atomic mass is 32.2. The maximum atomic E-state index is 12.0. The summed E-state index contributed by atoms with van der Waals surface area (Å²) >= 11 is 3.42. The Morgan fingerprint density at radius 2 is 2.00 bits per heavy atom. The lowest BCUT2D eigenvalue weighted by molar-refractivity contribution is -0.112. The lowest BCUT2D eigenvalue weighted by Crippen LogP contribution is -2.33. The average molecular weight is 439 g/mol. The molecule has 5 nitrogen and oxygen atoms in total. The molecule has 2 aromatic carbocycles. The number of allylic oxidation sites excluding steroid dienone is 1. The smallest absolute Gasteiger partial charge is 0.265 e. The maximum absolute atomic E-state index is 12.0. The highest BCUT2D eigenvalue weighted by Gasteiger charge is 2.31. The third-order valence-electron chi connectivity index (χ3n) is 5.27. The molecule has 0 spiro atoms. The molecule has 3 N–H and O–H groups in total. The van der Waals surface area contributed by atoms with E-state index in [1.807, 2.05) is 23.0 Å². The van der Waals surface area contributed by atoms with Crippen LogP contribution in [0.25, 0.3) is 5.70 Å². The number of carbonyl (C=O) groups excluding carboxylic acids is 1. The summed E-state index contributed by atoms with van der Waals surface area (Å²) in [6, 6.07) is 14.9. The first-order valence-corrected chi connectivity index (χ1v) is 12.4. The number of thioether (sulfide) groups is 1. The first kappa shape index (κ1) is 20.9. The molecular formula is C23H26N4OS2. The van der Waals surface area contributed by atoms with Crippen molar-refractivity contribution in [2.45, 2.75) is 37.5 Å². The molecule has 1 heterocycles. The van der Waals surface area contributed by atoms with E-state index in [1.165, 1.54) is 21.6 Å². The number of nitrogens with one attached hydrogen (secondary N) is 1. The van der Waals surface area contributed by atoms with E-state index in [4.69, 9.17) is 5.73 Å². The molecule has 2 aliphatic rings. The molecular weight excluding hydrogens is 412 g/mol. The number of hydrogen-bond acceptors (Lipinski definition) is 6. The topological polar surface area (TPSA) is 70.7 Å². The van der Waals surface area contributed by atoms with Crippen LogP contribution < -0.4 is 15.5 Å². The Morgan fingerprint density at radius 1 is 1.20 bits per heavy atom. The number of primary amides is 1. The summed E-state index contributed by atoms with van der Waals surface area (Å²) in [4.78, 5) is 13.2. The van der Waals surface area contributed by atoms with Gasteiger partial charge in [0.05, 0.1) is 11.4 Å². The van der Waals surface area contributed by atoms with Crippen LogP contribution in [0.4, 0.5) is 11.4 Å². The largest absolute Gasteiger partial charge is 0.364 e. The minimum absolute atomic E-state index is 0.417. The lowest BCUT2D eigenvalue weighted by atomic mass is 9.85. The maximum Gasteiger partial charge on any atom is 0.265 e. The number of benzene rings is 2. The normalized spacial score (nSPS) is 15.4. The average Bonchev–Trinajstić information content (AvgIpc) is 2.77. The zero-order valence-corrected chi connectivity index (χ0v) is 18.9. The standard InChI is InChI=1S/C23H26N4OS2/c1-3-12-30-19-10-8-18(9-11-19)27-22-16(13-21(25-27)23(24)28)5-4-15-6-7-17(26-29-2)14-20(15)22/h6-11,14,26H,3-5,12-13H2,1-2H3,(H2,24,28). The van der Waals surface area contributed by atoms with Crippen LogP contribution in [0, 0.1) is 0 Å². The molecule has 1 amide bonds. The SMILES string of the molecule is CCCSc1ccc(N2N=C(C(N)=O)CC3=C2c2cc(NSC)ccc2CC3)cc1. The van der Waals surface area contributed by atoms with Gasteiger partial charge in [0, 0.05) is 28.8 Å². The molecule has 2 aromatic rings. The molecule has 0 saturated heterocycles. The minimum Gasteiger partial charge on any atom is -0.364 e. The van der Waals surface area contributed by atoms with Gasteiger partial charge in [0.1, 0.15) is 5.71 Å². The number of hydrazone groups is 1. The molecule has 0 fully saturated rings. The molecule has 0 unspecified atom stereocenters. The van der Waals surface area contributed by atoms with Crippen molar-refractivity contribution in [1.82, 2.24) is 0 Å². The van der Waals surface area contributed by atoms with E-state index >= 15 is 0 Å². The first-order valence-electron chi connectivity index (χ1n) is 10.1. The van der Waals surface area contributed by atoms with Gasteiger partial charge in [-0.1, -0.05) is 24.9 Å². The summed E-state index contributed by atoms with van der Waals surface area (Å²) in [7, 11) is 0. The Kier molecular flexibility index (Phi) is 6.39. The third-order valence-corrected chi connectivity index (χ3v) is 6.93. The van der Waals surface area contributed by atoms with Gasteiger partial charge < -0.3 is 10.5 Å². The fourth-order valence-electron chi connectivity index (χ4n) is 3.86. The van der Waals surface area contributed by atoms with Crippen LogP contribution in [0.2, 0.25) is 0 Å². The van der Waals surface area contributed by atoms with Crippen molar-refractivity contribution in [1.29, 1.82) is 0 Å². The predicted octanol–water partition coefficient (Wildman–Crippen LogP) is 5.29. The summed E-state index contributed by atoms with van der Waals surface area (Å²) in [6.45, 7) is 2.18. The summed E-state index contributed by atoms with van der Waals surface area (Å²) < 4.78 is 3.32. The number of amides is 1. The monoisotopic (exact) mass is 438 g/mol. The van der Waals surface area contributed by atoms with Crippen LogP contribution in [0.1, 0.15) is 37.3 Å². The van der Waals surface area contributed by atoms with Crippen molar-refractivity contribution in [3.63, 3.8) is 0 Å². The number of nitrogens with two attached hydrogens (primary N) is 1. The molecule has 1 aliphatic carbocycles. The van der Waals surface area contributed by atoms with Crippen LogP contribution in [0.15, 0.2) is 58.0 Å². The first-order chi connectivity index (χ1) is 14.6. The van der Waals surface area contributed by atoms with Gasteiger partial charge >= 0.3 is 0 Å². The number of aryl methyl sites for hydroxylation is 1. The molecule has 0 radical (unpaired) electrons. The molecule has 0 saturated carbocycles. The molecule has 1 aliphatic heterocycles. The van der Waals surface area contributed by atoms with Crippen LogP contribution in [-0.2, 0) is 11.2 Å². The Balaban J connectivity index is 1.77. The van der Waals surface area contributed by atoms with Crippen molar-refractivity contribution < 1.29 is 4.79 Å². The van der Waals surface area contributed by atoms with Gasteiger partial charge in [0.25, 0.3) is 5.91 Å². The van der Waals surface area contributed by atoms with E-state index in [0.29, 0.717) is 12.1 Å². The molecule has 156 valence electrons. The number of hydrogen-bond donors (Lipinski definition) is 2. The van der Waals surface area contributed by atoms with E-state index in [2.05, 4.69) is 59.2 Å². The number of carbonyl (C=O) groups is 1. The Morgan fingerprint density at radius 3 is 2.70 bits per heavy atom. The molecule has 30 heavy (non-hydrogen) atoms. The van der Waals surface area contributed by atoms with Gasteiger partial charge in [-0.15, -0.1) is 11.8 Å². The zero-order chi connectivity index (χ0) is 21.1. The Bertz CT molecular complexity index is 1010. The van der Waals surface area contributed by atoms with E-state index < -0.39 is 5.91 Å². The minimum atomic E-state index is -0.453. The van der Waals surface area contributed by atoms with Crippen LogP contribution in [-0.4, -0.2) is 23.6 Å². The summed E-state index contributed by atoms with van der Waals surface area (Å²) in [5, 5.41) is 6.60. The predicted molar refractivity (Wildman–Crippen MR) is 130 cm³/mol. The number of fused-ring (bicyclic) bond motifs is 2. The van der Waals surface area contributed by atoms with E-state index in [-0.39, 0.29) is 0 Å². The van der Waals surface area contributed by atoms with Crippen molar-refractivity contribution in [2.75, 3.05) is 21.7 Å². The van der Waals surface area contributed by atoms with Gasteiger partial charge in [0.2, 0.25) is 0 Å². The second-order valence-corrected chi connectivity index (χ2v) is 9.15. The highest BCUT2D eigenvalue weighted by Crippen LogP contribution is 2.42. The van der Waals surface area contributed by atoms with Crippen LogP contribution in [0.3, 0.4) is 0 Å². The zero-order valence-electron chi connectivity index (χ0n) is 17.3. The number of rotatable bonds is 7. The summed E-state index contributed by atoms with van der Waals surface area (Å²) in [5.41, 5.74) is 12.8. The van der Waals surface area contributed by atoms with E-state index in [0.717, 1.165) is 42.1 Å². The summed E-state index contributed by atoms with van der Waals surface area (Å²) in [6.07, 6.45) is 5.54. The Labute approximate surface area is 186 Å². The van der Waals surface area contributed by atoms with E-state index in [9.17, 15) is 4.79 Å².